The van der Waals surface area contributed by atoms with Crippen LogP contribution in [0.5, 0.6) is 0 Å². The number of carbonyl (C=O) groups excluding carboxylic acids is 1. The van der Waals surface area contributed by atoms with Crippen molar-refractivity contribution in [2.75, 3.05) is 22.4 Å². The standard InChI is InChI=1S/C15H13Cl2FN2O3S/c1-24(22,23)20(11-5-2-4-10(18)8-11)9-14(21)19-13-7-3-6-12(16)15(13)17/h2-8H,9H2,1H3,(H,19,21). The highest BCUT2D eigenvalue weighted by Crippen LogP contribution is 2.29. The number of carbonyl (C=O) groups is 1. The molecule has 9 heteroatoms. The highest BCUT2D eigenvalue weighted by molar-refractivity contribution is 7.92. The number of hydrogen-bond acceptors (Lipinski definition) is 3. The second-order valence-electron chi connectivity index (χ2n) is 4.90. The predicted molar refractivity (Wildman–Crippen MR) is 93.7 cm³/mol. The fourth-order valence-corrected chi connectivity index (χ4v) is 3.15. The van der Waals surface area contributed by atoms with Gasteiger partial charge in [-0.15, -0.1) is 0 Å². The van der Waals surface area contributed by atoms with Gasteiger partial charge in [0.15, 0.2) is 0 Å². The zero-order chi connectivity index (χ0) is 17.9. The summed E-state index contributed by atoms with van der Waals surface area (Å²) in [7, 11) is -3.79. The fraction of sp³-hybridized carbons (Fsp3) is 0.133. The Hall–Kier alpha value is -1.83. The number of amides is 1. The average Bonchev–Trinajstić information content (AvgIpc) is 2.48. The van der Waals surface area contributed by atoms with Crippen LogP contribution in [0.25, 0.3) is 0 Å². The molecule has 0 aliphatic heterocycles. The molecule has 0 fully saturated rings. The largest absolute Gasteiger partial charge is 0.323 e. The highest BCUT2D eigenvalue weighted by Gasteiger charge is 2.21. The lowest BCUT2D eigenvalue weighted by Gasteiger charge is -2.22. The summed E-state index contributed by atoms with van der Waals surface area (Å²) in [6.07, 6.45) is 0.928. The molecule has 2 aromatic rings. The summed E-state index contributed by atoms with van der Waals surface area (Å²) in [6, 6.07) is 9.62. The van der Waals surface area contributed by atoms with Gasteiger partial charge in [-0.25, -0.2) is 12.8 Å². The van der Waals surface area contributed by atoms with E-state index in [0.29, 0.717) is 0 Å². The number of hydrogen-bond donors (Lipinski definition) is 1. The quantitative estimate of drug-likeness (QED) is 0.848. The number of anilines is 2. The maximum absolute atomic E-state index is 13.3. The third kappa shape index (κ3) is 4.59. The normalized spacial score (nSPS) is 11.2. The van der Waals surface area contributed by atoms with E-state index >= 15 is 0 Å². The molecule has 2 aromatic carbocycles. The summed E-state index contributed by atoms with van der Waals surface area (Å²) < 4.78 is 38.0. The Morgan fingerprint density at radius 2 is 1.88 bits per heavy atom. The molecule has 0 saturated carbocycles. The molecule has 128 valence electrons. The van der Waals surface area contributed by atoms with Crippen molar-refractivity contribution in [2.24, 2.45) is 0 Å². The third-order valence-electron chi connectivity index (χ3n) is 3.01. The summed E-state index contributed by atoms with van der Waals surface area (Å²) in [6.45, 7) is -0.537. The molecule has 1 N–H and O–H groups in total. The minimum absolute atomic E-state index is 0.0461. The Morgan fingerprint density at radius 1 is 1.21 bits per heavy atom. The van der Waals surface area contributed by atoms with Gasteiger partial charge in [0.05, 0.1) is 27.7 Å². The van der Waals surface area contributed by atoms with Crippen LogP contribution in [-0.4, -0.2) is 27.1 Å². The molecule has 0 saturated heterocycles. The second kappa shape index (κ2) is 7.38. The Morgan fingerprint density at radius 3 is 2.50 bits per heavy atom. The fourth-order valence-electron chi connectivity index (χ4n) is 1.95. The molecule has 0 atom stereocenters. The molecule has 0 unspecified atom stereocenters. The van der Waals surface area contributed by atoms with Crippen LogP contribution in [0.1, 0.15) is 0 Å². The average molecular weight is 391 g/mol. The molecule has 0 spiro atoms. The molecule has 0 radical (unpaired) electrons. The maximum atomic E-state index is 13.3. The van der Waals surface area contributed by atoms with Crippen molar-refractivity contribution in [2.45, 2.75) is 0 Å². The number of nitrogens with zero attached hydrogens (tertiary/aromatic N) is 1. The number of benzene rings is 2. The van der Waals surface area contributed by atoms with E-state index in [-0.39, 0.29) is 21.4 Å². The van der Waals surface area contributed by atoms with Gasteiger partial charge in [0.2, 0.25) is 15.9 Å². The van der Waals surface area contributed by atoms with Gasteiger partial charge in [-0.3, -0.25) is 9.10 Å². The van der Waals surface area contributed by atoms with Crippen LogP contribution in [0.2, 0.25) is 10.0 Å². The van der Waals surface area contributed by atoms with Crippen molar-refractivity contribution in [1.29, 1.82) is 0 Å². The van der Waals surface area contributed by atoms with E-state index in [1.807, 2.05) is 0 Å². The van der Waals surface area contributed by atoms with Crippen LogP contribution >= 0.6 is 23.2 Å². The molecule has 5 nitrogen and oxygen atoms in total. The summed E-state index contributed by atoms with van der Waals surface area (Å²) in [5, 5.41) is 2.88. The van der Waals surface area contributed by atoms with Crippen LogP contribution in [0.15, 0.2) is 42.5 Å². The first-order chi connectivity index (χ1) is 11.2. The summed E-state index contributed by atoms with van der Waals surface area (Å²) in [5.41, 5.74) is 0.298. The lowest BCUT2D eigenvalue weighted by molar-refractivity contribution is -0.114. The van der Waals surface area contributed by atoms with Crippen molar-refractivity contribution < 1.29 is 17.6 Å². The monoisotopic (exact) mass is 390 g/mol. The predicted octanol–water partition coefficient (Wildman–Crippen LogP) is 3.54. The highest BCUT2D eigenvalue weighted by atomic mass is 35.5. The molecule has 0 aromatic heterocycles. The molecule has 1 amide bonds. The molecular formula is C15H13Cl2FN2O3S. The Labute approximate surface area is 149 Å². The van der Waals surface area contributed by atoms with Crippen molar-refractivity contribution in [1.82, 2.24) is 0 Å². The van der Waals surface area contributed by atoms with E-state index in [4.69, 9.17) is 23.2 Å². The summed E-state index contributed by atoms with van der Waals surface area (Å²) >= 11 is 11.8. The second-order valence-corrected chi connectivity index (χ2v) is 7.59. The van der Waals surface area contributed by atoms with E-state index in [2.05, 4.69) is 5.32 Å². The molecule has 2 rings (SSSR count). The Balaban J connectivity index is 2.24. The van der Waals surface area contributed by atoms with E-state index in [0.717, 1.165) is 16.6 Å². The lowest BCUT2D eigenvalue weighted by atomic mass is 10.3. The zero-order valence-corrected chi connectivity index (χ0v) is 14.8. The van der Waals surface area contributed by atoms with Gasteiger partial charge in [-0.2, -0.15) is 0 Å². The first-order valence-corrected chi connectivity index (χ1v) is 9.26. The van der Waals surface area contributed by atoms with E-state index < -0.39 is 28.3 Å². The van der Waals surface area contributed by atoms with Gasteiger partial charge in [-0.05, 0) is 30.3 Å². The molecule has 0 aliphatic carbocycles. The van der Waals surface area contributed by atoms with Crippen molar-refractivity contribution in [3.8, 4) is 0 Å². The molecular weight excluding hydrogens is 378 g/mol. The van der Waals surface area contributed by atoms with Crippen LogP contribution in [-0.2, 0) is 14.8 Å². The van der Waals surface area contributed by atoms with Crippen molar-refractivity contribution in [3.05, 3.63) is 58.3 Å². The maximum Gasteiger partial charge on any atom is 0.245 e. The lowest BCUT2D eigenvalue weighted by Crippen LogP contribution is -2.37. The van der Waals surface area contributed by atoms with Gasteiger partial charge >= 0.3 is 0 Å². The summed E-state index contributed by atoms with van der Waals surface area (Å²) in [4.78, 5) is 12.2. The SMILES string of the molecule is CS(=O)(=O)N(CC(=O)Nc1cccc(Cl)c1Cl)c1cccc(F)c1. The topological polar surface area (TPSA) is 66.5 Å². The van der Waals surface area contributed by atoms with Crippen LogP contribution < -0.4 is 9.62 Å². The number of sulfonamides is 1. The Bertz CT molecular complexity index is 875. The summed E-state index contributed by atoms with van der Waals surface area (Å²) in [5.74, 6) is -1.26. The van der Waals surface area contributed by atoms with Gasteiger partial charge in [0.25, 0.3) is 0 Å². The van der Waals surface area contributed by atoms with Gasteiger partial charge in [0.1, 0.15) is 12.4 Å². The number of halogens is 3. The van der Waals surface area contributed by atoms with E-state index in [1.54, 1.807) is 12.1 Å². The molecule has 0 heterocycles. The van der Waals surface area contributed by atoms with Crippen LogP contribution in [0, 0.1) is 5.82 Å². The smallest absolute Gasteiger partial charge is 0.245 e. The minimum Gasteiger partial charge on any atom is -0.323 e. The van der Waals surface area contributed by atoms with Crippen LogP contribution in [0.3, 0.4) is 0 Å². The third-order valence-corrected chi connectivity index (χ3v) is 4.97. The van der Waals surface area contributed by atoms with E-state index in [9.17, 15) is 17.6 Å². The molecule has 24 heavy (non-hydrogen) atoms. The first-order valence-electron chi connectivity index (χ1n) is 6.65. The molecule has 0 aliphatic rings. The van der Waals surface area contributed by atoms with Crippen molar-refractivity contribution >= 4 is 50.5 Å². The zero-order valence-electron chi connectivity index (χ0n) is 12.5. The van der Waals surface area contributed by atoms with Gasteiger partial charge in [-0.1, -0.05) is 35.3 Å². The number of rotatable bonds is 5. The van der Waals surface area contributed by atoms with Gasteiger partial charge < -0.3 is 5.32 Å². The van der Waals surface area contributed by atoms with E-state index in [1.165, 1.54) is 24.3 Å². The first kappa shape index (κ1) is 18.5. The number of nitrogens with one attached hydrogen (secondary N) is 1. The van der Waals surface area contributed by atoms with Gasteiger partial charge in [0, 0.05) is 0 Å². The molecule has 0 bridgehead atoms. The van der Waals surface area contributed by atoms with Crippen LogP contribution in [0.4, 0.5) is 15.8 Å². The Kier molecular flexibility index (Phi) is 5.69. The van der Waals surface area contributed by atoms with Crippen molar-refractivity contribution in [3.63, 3.8) is 0 Å². The minimum atomic E-state index is -3.79.